The molecule has 5 heteroatoms. The lowest BCUT2D eigenvalue weighted by Crippen LogP contribution is -1.96. The van der Waals surface area contributed by atoms with Crippen LogP contribution in [0.5, 0.6) is 11.5 Å². The van der Waals surface area contributed by atoms with Crippen LogP contribution in [0.15, 0.2) is 54.6 Å². The number of aromatic nitrogens is 2. The zero-order valence-electron chi connectivity index (χ0n) is 16.4. The van der Waals surface area contributed by atoms with Gasteiger partial charge in [0.2, 0.25) is 0 Å². The summed E-state index contributed by atoms with van der Waals surface area (Å²) in [6.07, 6.45) is 1.83. The summed E-state index contributed by atoms with van der Waals surface area (Å²) in [5, 5.41) is 11.9. The maximum atomic E-state index is 9.85. The van der Waals surface area contributed by atoms with Crippen molar-refractivity contribution in [3.8, 4) is 17.6 Å². The maximum Gasteiger partial charge on any atom is 0.149 e. The number of H-pyrrole nitrogens is 1. The van der Waals surface area contributed by atoms with Crippen molar-refractivity contribution in [3.63, 3.8) is 0 Å². The van der Waals surface area contributed by atoms with Crippen LogP contribution in [0.3, 0.4) is 0 Å². The Kier molecular flexibility index (Phi) is 5.17. The molecule has 1 heterocycles. The van der Waals surface area contributed by atoms with Crippen molar-refractivity contribution >= 4 is 33.5 Å². The summed E-state index contributed by atoms with van der Waals surface area (Å²) >= 11 is 0. The molecule has 0 saturated carbocycles. The molecule has 0 saturated heterocycles. The number of rotatable bonds is 6. The Balaban J connectivity index is 1.92. The van der Waals surface area contributed by atoms with Crippen LogP contribution in [0.4, 0.5) is 0 Å². The van der Waals surface area contributed by atoms with Crippen LogP contribution >= 0.6 is 0 Å². The molecule has 4 aromatic rings. The van der Waals surface area contributed by atoms with Crippen molar-refractivity contribution in [2.24, 2.45) is 0 Å². The van der Waals surface area contributed by atoms with Gasteiger partial charge in [-0.05, 0) is 61.0 Å². The fraction of sp³-hybridized carbons (Fsp3) is 0.167. The van der Waals surface area contributed by atoms with Crippen LogP contribution in [0.1, 0.15) is 25.2 Å². The smallest absolute Gasteiger partial charge is 0.149 e. The van der Waals surface area contributed by atoms with Gasteiger partial charge in [-0.25, -0.2) is 4.98 Å². The van der Waals surface area contributed by atoms with Crippen molar-refractivity contribution in [2.75, 3.05) is 13.2 Å². The summed E-state index contributed by atoms with van der Waals surface area (Å²) in [7, 11) is 0. The Morgan fingerprint density at radius 3 is 2.62 bits per heavy atom. The molecule has 144 valence electrons. The molecule has 4 rings (SSSR count). The van der Waals surface area contributed by atoms with Gasteiger partial charge in [0.1, 0.15) is 23.4 Å². The zero-order chi connectivity index (χ0) is 20.2. The van der Waals surface area contributed by atoms with E-state index in [0.717, 1.165) is 38.9 Å². The van der Waals surface area contributed by atoms with Gasteiger partial charge in [-0.2, -0.15) is 5.26 Å². The van der Waals surface area contributed by atoms with Crippen LogP contribution in [0.25, 0.3) is 33.5 Å². The number of nitrogens with one attached hydrogen (secondary N) is 1. The molecular weight excluding hydrogens is 362 g/mol. The fourth-order valence-electron chi connectivity index (χ4n) is 3.37. The third-order valence-electron chi connectivity index (χ3n) is 4.66. The summed E-state index contributed by atoms with van der Waals surface area (Å²) in [6, 6.07) is 19.9. The molecule has 0 aliphatic carbocycles. The SMILES string of the molecule is CCOc1ccc2ccc(OCC)c(/C=C(\C#N)c3nc4ccccc4[nH]3)c2c1. The van der Waals surface area contributed by atoms with Crippen molar-refractivity contribution < 1.29 is 9.47 Å². The second-order valence-electron chi connectivity index (χ2n) is 6.50. The second-order valence-corrected chi connectivity index (χ2v) is 6.50. The van der Waals surface area contributed by atoms with E-state index >= 15 is 0 Å². The van der Waals surface area contributed by atoms with Crippen LogP contribution in [-0.4, -0.2) is 23.2 Å². The Morgan fingerprint density at radius 2 is 1.86 bits per heavy atom. The third-order valence-corrected chi connectivity index (χ3v) is 4.66. The van der Waals surface area contributed by atoms with E-state index in [9.17, 15) is 5.26 Å². The Bertz CT molecular complexity index is 1210. The van der Waals surface area contributed by atoms with E-state index in [1.165, 1.54) is 0 Å². The normalized spacial score (nSPS) is 11.6. The lowest BCUT2D eigenvalue weighted by molar-refractivity contribution is 0.339. The standard InChI is InChI=1S/C24H21N3O2/c1-3-28-18-11-9-16-10-12-23(29-4-2)20(19(16)14-18)13-17(15-25)24-26-21-7-5-6-8-22(21)27-24/h5-14H,3-4H2,1-2H3,(H,26,27)/b17-13+. The second kappa shape index (κ2) is 8.07. The highest BCUT2D eigenvalue weighted by molar-refractivity contribution is 6.00. The number of hydrogen-bond donors (Lipinski definition) is 1. The molecule has 1 N–H and O–H groups in total. The first-order valence-corrected chi connectivity index (χ1v) is 9.62. The van der Waals surface area contributed by atoms with Gasteiger partial charge in [-0.15, -0.1) is 0 Å². The first kappa shape index (κ1) is 18.6. The number of ether oxygens (including phenoxy) is 2. The molecule has 0 aliphatic heterocycles. The van der Waals surface area contributed by atoms with Crippen molar-refractivity contribution in [2.45, 2.75) is 13.8 Å². The fourth-order valence-corrected chi connectivity index (χ4v) is 3.37. The average molecular weight is 383 g/mol. The van der Waals surface area contributed by atoms with E-state index in [2.05, 4.69) is 16.0 Å². The largest absolute Gasteiger partial charge is 0.494 e. The van der Waals surface area contributed by atoms with Gasteiger partial charge in [0.15, 0.2) is 0 Å². The Morgan fingerprint density at radius 1 is 1.07 bits per heavy atom. The molecule has 0 amide bonds. The summed E-state index contributed by atoms with van der Waals surface area (Å²) in [4.78, 5) is 7.80. The lowest BCUT2D eigenvalue weighted by Gasteiger charge is -2.12. The van der Waals surface area contributed by atoms with E-state index in [1.54, 1.807) is 0 Å². The summed E-state index contributed by atoms with van der Waals surface area (Å²) < 4.78 is 11.5. The number of para-hydroxylation sites is 2. The molecular formula is C24H21N3O2. The van der Waals surface area contributed by atoms with Crippen LogP contribution in [0, 0.1) is 11.3 Å². The molecule has 0 spiro atoms. The predicted molar refractivity (Wildman–Crippen MR) is 116 cm³/mol. The highest BCUT2D eigenvalue weighted by Gasteiger charge is 2.13. The van der Waals surface area contributed by atoms with Crippen LogP contribution in [-0.2, 0) is 0 Å². The summed E-state index contributed by atoms with van der Waals surface area (Å²) in [5.41, 5.74) is 3.00. The van der Waals surface area contributed by atoms with Gasteiger partial charge < -0.3 is 14.5 Å². The first-order chi connectivity index (χ1) is 14.2. The van der Waals surface area contributed by atoms with Gasteiger partial charge in [0.25, 0.3) is 0 Å². The highest BCUT2D eigenvalue weighted by Crippen LogP contribution is 2.34. The molecule has 0 aliphatic rings. The number of nitriles is 1. The molecule has 3 aromatic carbocycles. The molecule has 0 bridgehead atoms. The molecule has 0 radical (unpaired) electrons. The van der Waals surface area contributed by atoms with Crippen molar-refractivity contribution in [1.29, 1.82) is 5.26 Å². The van der Waals surface area contributed by atoms with E-state index in [1.807, 2.05) is 74.5 Å². The Hall–Kier alpha value is -3.78. The number of benzene rings is 3. The van der Waals surface area contributed by atoms with Crippen molar-refractivity contribution in [1.82, 2.24) is 9.97 Å². The van der Waals surface area contributed by atoms with Gasteiger partial charge >= 0.3 is 0 Å². The number of fused-ring (bicyclic) bond motifs is 2. The minimum Gasteiger partial charge on any atom is -0.494 e. The quantitative estimate of drug-likeness (QED) is 0.441. The minimum absolute atomic E-state index is 0.441. The third kappa shape index (κ3) is 3.65. The van der Waals surface area contributed by atoms with Crippen LogP contribution < -0.4 is 9.47 Å². The van der Waals surface area contributed by atoms with Gasteiger partial charge in [0.05, 0.1) is 29.8 Å². The van der Waals surface area contributed by atoms with Gasteiger partial charge in [-0.3, -0.25) is 0 Å². The van der Waals surface area contributed by atoms with Gasteiger partial charge in [-0.1, -0.05) is 24.3 Å². The number of allylic oxidation sites excluding steroid dienone is 1. The highest BCUT2D eigenvalue weighted by atomic mass is 16.5. The predicted octanol–water partition coefficient (Wildman–Crippen LogP) is 5.58. The number of nitrogens with zero attached hydrogens (tertiary/aromatic N) is 2. The number of imidazole rings is 1. The summed E-state index contributed by atoms with van der Waals surface area (Å²) in [6.45, 7) is 5.02. The zero-order valence-corrected chi connectivity index (χ0v) is 16.4. The molecule has 0 unspecified atom stereocenters. The van der Waals surface area contributed by atoms with Crippen molar-refractivity contribution in [3.05, 3.63) is 66.0 Å². The van der Waals surface area contributed by atoms with E-state index < -0.39 is 0 Å². The molecule has 1 aromatic heterocycles. The molecule has 5 nitrogen and oxygen atoms in total. The monoisotopic (exact) mass is 383 g/mol. The number of aromatic amines is 1. The topological polar surface area (TPSA) is 70.9 Å². The van der Waals surface area contributed by atoms with Crippen LogP contribution in [0.2, 0.25) is 0 Å². The first-order valence-electron chi connectivity index (χ1n) is 9.62. The molecule has 0 atom stereocenters. The van der Waals surface area contributed by atoms with E-state index in [-0.39, 0.29) is 0 Å². The average Bonchev–Trinajstić information content (AvgIpc) is 3.17. The molecule has 29 heavy (non-hydrogen) atoms. The maximum absolute atomic E-state index is 9.85. The number of hydrogen-bond acceptors (Lipinski definition) is 4. The Labute approximate surface area is 169 Å². The summed E-state index contributed by atoms with van der Waals surface area (Å²) in [5.74, 6) is 2.04. The van der Waals surface area contributed by atoms with E-state index in [4.69, 9.17) is 9.47 Å². The molecule has 0 fully saturated rings. The lowest BCUT2D eigenvalue weighted by atomic mass is 10.0. The van der Waals surface area contributed by atoms with Gasteiger partial charge in [0, 0.05) is 5.56 Å². The van der Waals surface area contributed by atoms with E-state index in [0.29, 0.717) is 24.6 Å². The minimum atomic E-state index is 0.441.